The van der Waals surface area contributed by atoms with Crippen molar-refractivity contribution in [2.75, 3.05) is 13.2 Å². The maximum absolute atomic E-state index is 11.9. The van der Waals surface area contributed by atoms with E-state index in [0.29, 0.717) is 25.5 Å². The molecule has 5 nitrogen and oxygen atoms in total. The Morgan fingerprint density at radius 3 is 2.62 bits per heavy atom. The molecule has 1 N–H and O–H groups in total. The van der Waals surface area contributed by atoms with Crippen LogP contribution in [0.2, 0.25) is 0 Å². The van der Waals surface area contributed by atoms with Gasteiger partial charge in [0.2, 0.25) is 11.8 Å². The van der Waals surface area contributed by atoms with E-state index in [0.717, 1.165) is 36.3 Å². The quantitative estimate of drug-likeness (QED) is 0.646. The molecule has 1 heterocycles. The van der Waals surface area contributed by atoms with Gasteiger partial charge in [-0.2, -0.15) is 0 Å². The third-order valence-electron chi connectivity index (χ3n) is 4.10. The number of ether oxygens (including phenoxy) is 1. The van der Waals surface area contributed by atoms with Crippen molar-refractivity contribution >= 4 is 5.91 Å². The second-order valence-corrected chi connectivity index (χ2v) is 6.86. The third kappa shape index (κ3) is 6.64. The summed E-state index contributed by atoms with van der Waals surface area (Å²) in [6, 6.07) is 8.12. The summed E-state index contributed by atoms with van der Waals surface area (Å²) in [4.78, 5) is 16.5. The molecule has 1 aromatic carbocycles. The number of benzene rings is 1. The third-order valence-corrected chi connectivity index (χ3v) is 4.10. The molecule has 26 heavy (non-hydrogen) atoms. The average molecular weight is 358 g/mol. The van der Waals surface area contributed by atoms with Gasteiger partial charge >= 0.3 is 0 Å². The number of nitrogens with zero attached hydrogens (tertiary/aromatic N) is 1. The number of hydrogen-bond donors (Lipinski definition) is 1. The molecular weight excluding hydrogens is 328 g/mol. The van der Waals surface area contributed by atoms with Crippen LogP contribution >= 0.6 is 0 Å². The number of aryl methyl sites for hydroxylation is 3. The predicted octanol–water partition coefficient (Wildman–Crippen LogP) is 4.21. The van der Waals surface area contributed by atoms with E-state index >= 15 is 0 Å². The van der Waals surface area contributed by atoms with E-state index in [1.54, 1.807) is 0 Å². The van der Waals surface area contributed by atoms with Crippen LogP contribution in [0.15, 0.2) is 28.7 Å². The normalized spacial score (nSPS) is 11.1. The van der Waals surface area contributed by atoms with Crippen molar-refractivity contribution in [1.29, 1.82) is 0 Å². The van der Waals surface area contributed by atoms with Gasteiger partial charge in [-0.3, -0.25) is 4.79 Å². The fourth-order valence-electron chi connectivity index (χ4n) is 2.60. The largest absolute Gasteiger partial charge is 0.441 e. The van der Waals surface area contributed by atoms with Gasteiger partial charge < -0.3 is 14.5 Å². The van der Waals surface area contributed by atoms with E-state index < -0.39 is 0 Å². The Morgan fingerprint density at radius 2 is 1.92 bits per heavy atom. The average Bonchev–Trinajstić information content (AvgIpc) is 2.96. The molecular formula is C21H30N2O3. The van der Waals surface area contributed by atoms with E-state index in [2.05, 4.69) is 17.2 Å². The Morgan fingerprint density at radius 1 is 1.19 bits per heavy atom. The summed E-state index contributed by atoms with van der Waals surface area (Å²) in [5.74, 6) is 1.55. The zero-order chi connectivity index (χ0) is 18.9. The Hall–Kier alpha value is -2.14. The van der Waals surface area contributed by atoms with Crippen LogP contribution in [0, 0.1) is 13.8 Å². The van der Waals surface area contributed by atoms with Gasteiger partial charge in [-0.15, -0.1) is 0 Å². The van der Waals surface area contributed by atoms with Gasteiger partial charge in [-0.1, -0.05) is 17.7 Å². The smallest absolute Gasteiger partial charge is 0.226 e. The highest BCUT2D eigenvalue weighted by atomic mass is 16.5. The molecule has 142 valence electrons. The number of aromatic nitrogens is 1. The van der Waals surface area contributed by atoms with E-state index in [-0.39, 0.29) is 12.0 Å². The van der Waals surface area contributed by atoms with Gasteiger partial charge in [0.1, 0.15) is 5.76 Å². The number of nitrogens with one attached hydrogen (secondary N) is 1. The monoisotopic (exact) mass is 358 g/mol. The van der Waals surface area contributed by atoms with Crippen LogP contribution in [0.5, 0.6) is 0 Å². The summed E-state index contributed by atoms with van der Waals surface area (Å²) in [5, 5.41) is 2.93. The van der Waals surface area contributed by atoms with E-state index in [9.17, 15) is 4.79 Å². The van der Waals surface area contributed by atoms with Crippen LogP contribution in [0.3, 0.4) is 0 Å². The van der Waals surface area contributed by atoms with Crippen molar-refractivity contribution in [2.45, 2.75) is 59.5 Å². The van der Waals surface area contributed by atoms with Crippen molar-refractivity contribution in [2.24, 2.45) is 0 Å². The fraction of sp³-hybridized carbons (Fsp3) is 0.524. The van der Waals surface area contributed by atoms with E-state index in [1.807, 2.05) is 45.0 Å². The second kappa shape index (κ2) is 10.1. The van der Waals surface area contributed by atoms with Crippen LogP contribution in [0.25, 0.3) is 11.5 Å². The molecule has 0 aliphatic heterocycles. The van der Waals surface area contributed by atoms with Gasteiger partial charge in [0.15, 0.2) is 0 Å². The highest BCUT2D eigenvalue weighted by Crippen LogP contribution is 2.23. The maximum Gasteiger partial charge on any atom is 0.226 e. The van der Waals surface area contributed by atoms with Gasteiger partial charge in [0.25, 0.3) is 0 Å². The highest BCUT2D eigenvalue weighted by molar-refractivity contribution is 5.75. The molecule has 5 heteroatoms. The molecule has 0 unspecified atom stereocenters. The first-order valence-corrected chi connectivity index (χ1v) is 9.37. The Balaban J connectivity index is 1.72. The molecule has 0 spiro atoms. The molecule has 0 saturated carbocycles. The summed E-state index contributed by atoms with van der Waals surface area (Å²) < 4.78 is 11.2. The zero-order valence-corrected chi connectivity index (χ0v) is 16.3. The molecule has 0 saturated heterocycles. The lowest BCUT2D eigenvalue weighted by molar-refractivity contribution is -0.121. The summed E-state index contributed by atoms with van der Waals surface area (Å²) in [6.45, 7) is 9.33. The number of oxazole rings is 1. The predicted molar refractivity (Wildman–Crippen MR) is 103 cm³/mol. The minimum Gasteiger partial charge on any atom is -0.441 e. The summed E-state index contributed by atoms with van der Waals surface area (Å²) in [6.07, 6.45) is 3.07. The van der Waals surface area contributed by atoms with Crippen LogP contribution in [0.1, 0.15) is 50.1 Å². The lowest BCUT2D eigenvalue weighted by Gasteiger charge is -2.08. The minimum absolute atomic E-state index is 0.0782. The van der Waals surface area contributed by atoms with Crippen molar-refractivity contribution in [3.05, 3.63) is 41.3 Å². The Bertz CT molecular complexity index is 690. The van der Waals surface area contributed by atoms with Crippen LogP contribution in [0.4, 0.5) is 0 Å². The molecule has 0 radical (unpaired) electrons. The molecule has 1 aromatic heterocycles. The minimum atomic E-state index is 0.0782. The first-order valence-electron chi connectivity index (χ1n) is 9.37. The number of carbonyl (C=O) groups is 1. The standard InChI is InChI=1S/C21H30N2O3/c1-15(2)25-14-6-13-22-20(24)8-5-7-19-17(4)26-21(23-19)18-11-9-16(3)10-12-18/h9-12,15H,5-8,13-14H2,1-4H3,(H,22,24). The lowest BCUT2D eigenvalue weighted by atomic mass is 10.1. The van der Waals surface area contributed by atoms with Crippen molar-refractivity contribution in [3.8, 4) is 11.5 Å². The van der Waals surface area contributed by atoms with Crippen LogP contribution < -0.4 is 5.32 Å². The Labute approximate surface area is 156 Å². The molecule has 0 bridgehead atoms. The molecule has 2 aromatic rings. The van der Waals surface area contributed by atoms with E-state index in [4.69, 9.17) is 9.15 Å². The summed E-state index contributed by atoms with van der Waals surface area (Å²) in [5.41, 5.74) is 3.11. The fourth-order valence-corrected chi connectivity index (χ4v) is 2.60. The zero-order valence-electron chi connectivity index (χ0n) is 16.3. The van der Waals surface area contributed by atoms with E-state index in [1.165, 1.54) is 5.56 Å². The van der Waals surface area contributed by atoms with Gasteiger partial charge in [-0.25, -0.2) is 4.98 Å². The van der Waals surface area contributed by atoms with Gasteiger partial charge in [0.05, 0.1) is 11.8 Å². The van der Waals surface area contributed by atoms with Gasteiger partial charge in [0, 0.05) is 25.1 Å². The lowest BCUT2D eigenvalue weighted by Crippen LogP contribution is -2.25. The van der Waals surface area contributed by atoms with Crippen molar-refractivity contribution in [1.82, 2.24) is 10.3 Å². The summed E-state index contributed by atoms with van der Waals surface area (Å²) in [7, 11) is 0. The number of carbonyl (C=O) groups excluding carboxylic acids is 1. The molecule has 1 amide bonds. The SMILES string of the molecule is Cc1ccc(-c2nc(CCCC(=O)NCCCOC(C)C)c(C)o2)cc1. The highest BCUT2D eigenvalue weighted by Gasteiger charge is 2.12. The van der Waals surface area contributed by atoms with Crippen LogP contribution in [-0.2, 0) is 16.0 Å². The molecule has 0 aliphatic rings. The first-order chi connectivity index (χ1) is 12.5. The molecule has 0 atom stereocenters. The number of rotatable bonds is 10. The number of hydrogen-bond acceptors (Lipinski definition) is 4. The number of amides is 1. The molecule has 0 aliphatic carbocycles. The topological polar surface area (TPSA) is 64.4 Å². The van der Waals surface area contributed by atoms with Crippen molar-refractivity contribution in [3.63, 3.8) is 0 Å². The molecule has 0 fully saturated rings. The van der Waals surface area contributed by atoms with Crippen molar-refractivity contribution < 1.29 is 13.9 Å². The summed E-state index contributed by atoms with van der Waals surface area (Å²) >= 11 is 0. The van der Waals surface area contributed by atoms with Crippen LogP contribution in [-0.4, -0.2) is 30.1 Å². The first kappa shape index (κ1) is 20.2. The van der Waals surface area contributed by atoms with Gasteiger partial charge in [-0.05, 0) is 59.1 Å². The second-order valence-electron chi connectivity index (χ2n) is 6.86. The Kier molecular flexibility index (Phi) is 7.85. The molecule has 2 rings (SSSR count). The maximum atomic E-state index is 11.9.